The highest BCUT2D eigenvalue weighted by Crippen LogP contribution is 2.56. The summed E-state index contributed by atoms with van der Waals surface area (Å²) in [7, 11) is 0. The van der Waals surface area contributed by atoms with Gasteiger partial charge in [0.1, 0.15) is 23.9 Å². The first kappa shape index (κ1) is 27.0. The number of nitrogens with one attached hydrogen (secondary N) is 1. The molecule has 3 N–H and O–H groups in total. The van der Waals surface area contributed by atoms with Gasteiger partial charge in [0.25, 0.3) is 0 Å². The number of nitrogens with zero attached hydrogens (tertiary/aromatic N) is 1. The zero-order valence-corrected chi connectivity index (χ0v) is 20.4. The standard InChI is InChI=1S/C19H31N2O9PS/c1-6-32-31(27,20-12(4)17(25)29-11(2)3)28-10-14-16(24)19(5,26)18(30-14)21-8-7-13(22)9-15(21)23/h7-8,11-12,14,16,18,24,26H,6,9-10H2,1-5H3,(H,20,27)/t12-,14-,16-,18-,19-,31?/m1/s1. The van der Waals surface area contributed by atoms with E-state index < -0.39 is 48.7 Å². The van der Waals surface area contributed by atoms with Crippen LogP contribution in [0.25, 0.3) is 0 Å². The van der Waals surface area contributed by atoms with E-state index in [1.807, 2.05) is 0 Å². The number of aliphatic hydroxyl groups excluding tert-OH is 1. The summed E-state index contributed by atoms with van der Waals surface area (Å²) in [5.74, 6) is -1.14. The molecule has 11 nitrogen and oxygen atoms in total. The summed E-state index contributed by atoms with van der Waals surface area (Å²) in [5.41, 5.74) is -1.88. The fraction of sp³-hybridized carbons (Fsp3) is 0.737. The molecule has 0 radical (unpaired) electrons. The van der Waals surface area contributed by atoms with Gasteiger partial charge in [-0.2, -0.15) is 0 Å². The number of amides is 1. The number of carbonyl (C=O) groups excluding carboxylic acids is 3. The minimum atomic E-state index is -3.61. The van der Waals surface area contributed by atoms with Crippen molar-refractivity contribution in [1.82, 2.24) is 9.99 Å². The third-order valence-corrected chi connectivity index (χ3v) is 9.02. The lowest BCUT2D eigenvalue weighted by Crippen LogP contribution is -2.54. The molecule has 0 aromatic rings. The summed E-state index contributed by atoms with van der Waals surface area (Å²) in [5, 5.41) is 24.0. The average Bonchev–Trinajstić information content (AvgIpc) is 2.89. The fourth-order valence-electron chi connectivity index (χ4n) is 3.21. The van der Waals surface area contributed by atoms with E-state index >= 15 is 0 Å². The molecule has 2 aliphatic rings. The van der Waals surface area contributed by atoms with Crippen molar-refractivity contribution in [2.24, 2.45) is 0 Å². The van der Waals surface area contributed by atoms with Crippen LogP contribution < -0.4 is 5.09 Å². The number of hydrogen-bond acceptors (Lipinski definition) is 10. The minimum Gasteiger partial charge on any atom is -0.462 e. The Balaban J connectivity index is 2.09. The molecule has 13 heteroatoms. The van der Waals surface area contributed by atoms with Gasteiger partial charge in [-0.25, -0.2) is 5.09 Å². The van der Waals surface area contributed by atoms with Crippen molar-refractivity contribution in [2.75, 3.05) is 12.4 Å². The van der Waals surface area contributed by atoms with Gasteiger partial charge in [-0.15, -0.1) is 0 Å². The molecule has 0 saturated carbocycles. The van der Waals surface area contributed by atoms with E-state index in [4.69, 9.17) is 14.0 Å². The monoisotopic (exact) mass is 494 g/mol. The van der Waals surface area contributed by atoms with E-state index in [0.717, 1.165) is 16.3 Å². The number of carbonyl (C=O) groups is 3. The number of rotatable bonds is 10. The van der Waals surface area contributed by atoms with E-state index in [9.17, 15) is 29.2 Å². The molecule has 2 rings (SSSR count). The van der Waals surface area contributed by atoms with Gasteiger partial charge >= 0.3 is 12.7 Å². The van der Waals surface area contributed by atoms with E-state index in [1.54, 1.807) is 20.8 Å². The Bertz CT molecular complexity index is 804. The zero-order valence-electron chi connectivity index (χ0n) is 18.7. The Morgan fingerprint density at radius 3 is 2.66 bits per heavy atom. The average molecular weight is 495 g/mol. The SMILES string of the molecule is CCSP(=O)(N[C@H](C)C(=O)OC(C)C)OC[C@H]1O[C@@H](N2C=CC(=O)CC2=O)[C@](C)(O)[C@@H]1O. The van der Waals surface area contributed by atoms with Crippen LogP contribution in [-0.2, 0) is 32.9 Å². The predicted octanol–water partition coefficient (Wildman–Crippen LogP) is 0.946. The molecule has 1 unspecified atom stereocenters. The Morgan fingerprint density at radius 1 is 1.44 bits per heavy atom. The molecular formula is C19H31N2O9PS. The highest BCUT2D eigenvalue weighted by atomic mass is 32.7. The van der Waals surface area contributed by atoms with E-state index in [1.165, 1.54) is 26.1 Å². The second-order valence-corrected chi connectivity index (χ2v) is 12.6. The number of aliphatic hydroxyl groups is 2. The third kappa shape index (κ3) is 6.40. The van der Waals surface area contributed by atoms with Gasteiger partial charge in [-0.05, 0) is 33.8 Å². The molecule has 0 aromatic heterocycles. The maximum Gasteiger partial charge on any atom is 0.327 e. The molecular weight excluding hydrogens is 463 g/mol. The zero-order chi connectivity index (χ0) is 24.3. The molecule has 1 fully saturated rings. The normalized spacial score (nSPS) is 31.1. The third-order valence-electron chi connectivity index (χ3n) is 4.81. The lowest BCUT2D eigenvalue weighted by atomic mass is 9.95. The Morgan fingerprint density at radius 2 is 2.09 bits per heavy atom. The van der Waals surface area contributed by atoms with Gasteiger partial charge in [0.05, 0.1) is 19.1 Å². The summed E-state index contributed by atoms with van der Waals surface area (Å²) in [4.78, 5) is 36.7. The lowest BCUT2D eigenvalue weighted by molar-refractivity contribution is -0.158. The van der Waals surface area contributed by atoms with Gasteiger partial charge in [-0.1, -0.05) is 18.3 Å². The van der Waals surface area contributed by atoms with Crippen LogP contribution in [-0.4, -0.2) is 81.3 Å². The van der Waals surface area contributed by atoms with Crippen molar-refractivity contribution >= 4 is 35.8 Å². The van der Waals surface area contributed by atoms with E-state index in [0.29, 0.717) is 5.75 Å². The van der Waals surface area contributed by atoms with Crippen LogP contribution >= 0.6 is 18.1 Å². The summed E-state index contributed by atoms with van der Waals surface area (Å²) < 4.78 is 29.6. The van der Waals surface area contributed by atoms with Crippen molar-refractivity contribution in [3.63, 3.8) is 0 Å². The molecule has 32 heavy (non-hydrogen) atoms. The van der Waals surface area contributed by atoms with Gasteiger partial charge < -0.3 is 24.2 Å². The minimum absolute atomic E-state index is 0.339. The first-order valence-electron chi connectivity index (χ1n) is 10.3. The van der Waals surface area contributed by atoms with Gasteiger partial charge in [0, 0.05) is 12.0 Å². The molecule has 182 valence electrons. The van der Waals surface area contributed by atoms with Crippen LogP contribution in [0.1, 0.15) is 41.0 Å². The van der Waals surface area contributed by atoms with E-state index in [-0.39, 0.29) is 24.9 Å². The molecule has 1 saturated heterocycles. The number of allylic oxidation sites excluding steroid dienone is 1. The van der Waals surface area contributed by atoms with Crippen LogP contribution in [0, 0.1) is 0 Å². The van der Waals surface area contributed by atoms with Crippen molar-refractivity contribution in [1.29, 1.82) is 0 Å². The van der Waals surface area contributed by atoms with Crippen LogP contribution in [0.2, 0.25) is 0 Å². The summed E-state index contributed by atoms with van der Waals surface area (Å²) >= 11 is 0.959. The highest BCUT2D eigenvalue weighted by Gasteiger charge is 2.56. The lowest BCUT2D eigenvalue weighted by Gasteiger charge is -2.34. The second kappa shape index (κ2) is 10.8. The molecule has 1 amide bonds. The molecule has 2 aliphatic heterocycles. The number of ketones is 1. The smallest absolute Gasteiger partial charge is 0.327 e. The number of ether oxygens (including phenoxy) is 2. The summed E-state index contributed by atoms with van der Waals surface area (Å²) in [6.07, 6.45) is -2.20. The largest absolute Gasteiger partial charge is 0.462 e. The van der Waals surface area contributed by atoms with Crippen molar-refractivity contribution in [3.05, 3.63) is 12.3 Å². The maximum absolute atomic E-state index is 13.2. The van der Waals surface area contributed by atoms with Crippen LogP contribution in [0.3, 0.4) is 0 Å². The Labute approximate surface area is 191 Å². The van der Waals surface area contributed by atoms with Crippen LogP contribution in [0.5, 0.6) is 0 Å². The molecule has 0 bridgehead atoms. The molecule has 0 aromatic carbocycles. The van der Waals surface area contributed by atoms with Crippen molar-refractivity contribution in [3.8, 4) is 0 Å². The highest BCUT2D eigenvalue weighted by molar-refractivity contribution is 8.56. The first-order valence-corrected chi connectivity index (χ1v) is 13.5. The van der Waals surface area contributed by atoms with Crippen LogP contribution in [0.4, 0.5) is 0 Å². The maximum atomic E-state index is 13.2. The van der Waals surface area contributed by atoms with Crippen molar-refractivity contribution < 1.29 is 43.2 Å². The van der Waals surface area contributed by atoms with Crippen molar-refractivity contribution in [2.45, 2.75) is 77.2 Å². The number of hydrogen-bond donors (Lipinski definition) is 3. The molecule has 0 spiro atoms. The molecule has 6 atom stereocenters. The first-order chi connectivity index (χ1) is 14.8. The van der Waals surface area contributed by atoms with Gasteiger partial charge in [-0.3, -0.25) is 23.8 Å². The predicted molar refractivity (Wildman–Crippen MR) is 116 cm³/mol. The molecule has 0 aliphatic carbocycles. The second-order valence-electron chi connectivity index (χ2n) is 8.00. The van der Waals surface area contributed by atoms with E-state index in [2.05, 4.69) is 5.09 Å². The topological polar surface area (TPSA) is 152 Å². The van der Waals surface area contributed by atoms with Gasteiger partial charge in [0.2, 0.25) is 5.91 Å². The summed E-state index contributed by atoms with van der Waals surface area (Å²) in [6, 6.07) is -0.916. The quantitative estimate of drug-likeness (QED) is 0.226. The number of esters is 1. The Kier molecular flexibility index (Phi) is 9.08. The summed E-state index contributed by atoms with van der Waals surface area (Å²) in [6.45, 7) is 3.94. The molecule has 2 heterocycles. The Hall–Kier alpha value is -1.27. The van der Waals surface area contributed by atoms with Crippen LogP contribution in [0.15, 0.2) is 12.3 Å². The van der Waals surface area contributed by atoms with Gasteiger partial charge in [0.15, 0.2) is 12.0 Å². The fourth-order valence-corrected chi connectivity index (χ4v) is 6.82.